The van der Waals surface area contributed by atoms with Crippen LogP contribution in [0.5, 0.6) is 0 Å². The van der Waals surface area contributed by atoms with Crippen LogP contribution in [0.3, 0.4) is 0 Å². The highest BCUT2D eigenvalue weighted by atomic mass is 16.6. The summed E-state index contributed by atoms with van der Waals surface area (Å²) in [6.45, 7) is 0.00712. The highest BCUT2D eigenvalue weighted by molar-refractivity contribution is 5.57. The predicted molar refractivity (Wildman–Crippen MR) is 62.0 cm³/mol. The van der Waals surface area contributed by atoms with Crippen LogP contribution in [0.1, 0.15) is 5.56 Å². The fraction of sp³-hybridized carbons (Fsp3) is 0.400. The lowest BCUT2D eigenvalue weighted by Crippen LogP contribution is -2.31. The molecule has 8 nitrogen and oxygen atoms in total. The van der Waals surface area contributed by atoms with Gasteiger partial charge in [0.2, 0.25) is 0 Å². The summed E-state index contributed by atoms with van der Waals surface area (Å²) >= 11 is 0. The molecule has 0 aliphatic heterocycles. The van der Waals surface area contributed by atoms with Crippen LogP contribution >= 0.6 is 0 Å². The third-order valence-electron chi connectivity index (χ3n) is 2.22. The largest absolute Gasteiger partial charge is 0.395 e. The lowest BCUT2D eigenvalue weighted by Gasteiger charge is -2.22. The van der Waals surface area contributed by atoms with E-state index in [1.807, 2.05) is 6.07 Å². The number of aliphatic hydroxyl groups is 2. The molecule has 1 rings (SSSR count). The van der Waals surface area contributed by atoms with E-state index in [-0.39, 0.29) is 43.4 Å². The second-order valence-corrected chi connectivity index (χ2v) is 3.37. The summed E-state index contributed by atoms with van der Waals surface area (Å²) in [5.41, 5.74) is -0.241. The number of nitrogens with zero attached hydrogens (tertiary/aromatic N) is 4. The molecule has 0 saturated heterocycles. The molecule has 0 unspecified atom stereocenters. The van der Waals surface area contributed by atoms with E-state index in [1.54, 1.807) is 0 Å². The Labute approximate surface area is 103 Å². The summed E-state index contributed by atoms with van der Waals surface area (Å²) < 4.78 is 0. The Hall–Kier alpha value is -2.24. The van der Waals surface area contributed by atoms with Gasteiger partial charge in [0.05, 0.1) is 18.1 Å². The molecule has 1 heterocycles. The maximum atomic E-state index is 10.6. The topological polar surface area (TPSA) is 124 Å². The highest BCUT2D eigenvalue weighted by Gasteiger charge is 2.16. The number of hydrogen-bond acceptors (Lipinski definition) is 7. The molecular weight excluding hydrogens is 240 g/mol. The number of nitriles is 1. The maximum absolute atomic E-state index is 10.6. The molecule has 1 aromatic rings. The van der Waals surface area contributed by atoms with E-state index >= 15 is 0 Å². The second-order valence-electron chi connectivity index (χ2n) is 3.37. The van der Waals surface area contributed by atoms with Gasteiger partial charge in [-0.1, -0.05) is 0 Å². The minimum atomic E-state index is -0.639. The molecular formula is C10H12N4O4. The average molecular weight is 252 g/mol. The van der Waals surface area contributed by atoms with Crippen molar-refractivity contribution in [1.82, 2.24) is 4.98 Å². The van der Waals surface area contributed by atoms with E-state index in [1.165, 1.54) is 4.90 Å². The molecule has 0 aromatic carbocycles. The number of rotatable bonds is 6. The van der Waals surface area contributed by atoms with Crippen molar-refractivity contribution in [1.29, 1.82) is 5.26 Å². The Kier molecular flexibility index (Phi) is 4.98. The van der Waals surface area contributed by atoms with Crippen molar-refractivity contribution in [2.75, 3.05) is 31.2 Å². The zero-order valence-corrected chi connectivity index (χ0v) is 9.48. The molecule has 96 valence electrons. The molecule has 0 radical (unpaired) electrons. The van der Waals surface area contributed by atoms with Gasteiger partial charge in [-0.3, -0.25) is 10.1 Å². The number of aliphatic hydroxyl groups excluding tert-OH is 2. The maximum Gasteiger partial charge on any atom is 0.289 e. The molecule has 0 spiro atoms. The highest BCUT2D eigenvalue weighted by Crippen LogP contribution is 2.21. The van der Waals surface area contributed by atoms with Gasteiger partial charge in [0, 0.05) is 19.2 Å². The first-order valence-corrected chi connectivity index (χ1v) is 5.15. The van der Waals surface area contributed by atoms with Crippen LogP contribution in [0.4, 0.5) is 11.5 Å². The molecule has 0 fully saturated rings. The molecule has 0 amide bonds. The monoisotopic (exact) mass is 252 g/mol. The quantitative estimate of drug-likeness (QED) is 0.524. The Balaban J connectivity index is 3.14. The first-order valence-electron chi connectivity index (χ1n) is 5.15. The zero-order valence-electron chi connectivity index (χ0n) is 9.48. The molecule has 1 aromatic heterocycles. The van der Waals surface area contributed by atoms with Gasteiger partial charge in [-0.15, -0.1) is 0 Å². The van der Waals surface area contributed by atoms with E-state index in [0.29, 0.717) is 0 Å². The van der Waals surface area contributed by atoms with Crippen LogP contribution in [0, 0.1) is 21.4 Å². The number of pyridine rings is 1. The lowest BCUT2D eigenvalue weighted by atomic mass is 10.2. The third-order valence-corrected chi connectivity index (χ3v) is 2.22. The van der Waals surface area contributed by atoms with Crippen LogP contribution in [0.15, 0.2) is 12.3 Å². The number of aromatic nitrogens is 1. The minimum Gasteiger partial charge on any atom is -0.395 e. The predicted octanol–water partition coefficient (Wildman–Crippen LogP) is -0.348. The van der Waals surface area contributed by atoms with Crippen LogP contribution in [0.2, 0.25) is 0 Å². The molecule has 2 N–H and O–H groups in total. The third kappa shape index (κ3) is 3.13. The van der Waals surface area contributed by atoms with Crippen LogP contribution in [0.25, 0.3) is 0 Å². The first kappa shape index (κ1) is 13.8. The minimum absolute atomic E-state index is 0.0334. The fourth-order valence-electron chi connectivity index (χ4n) is 1.45. The van der Waals surface area contributed by atoms with E-state index in [9.17, 15) is 10.1 Å². The van der Waals surface area contributed by atoms with Gasteiger partial charge in [0.15, 0.2) is 0 Å². The van der Waals surface area contributed by atoms with Crippen molar-refractivity contribution in [3.05, 3.63) is 27.9 Å². The molecule has 0 bridgehead atoms. The average Bonchev–Trinajstić information content (AvgIpc) is 2.37. The van der Waals surface area contributed by atoms with Gasteiger partial charge in [0.1, 0.15) is 23.6 Å². The molecule has 0 atom stereocenters. The van der Waals surface area contributed by atoms with Gasteiger partial charge in [0.25, 0.3) is 5.69 Å². The summed E-state index contributed by atoms with van der Waals surface area (Å²) in [7, 11) is 0. The smallest absolute Gasteiger partial charge is 0.289 e. The van der Waals surface area contributed by atoms with Crippen molar-refractivity contribution in [3.8, 4) is 6.07 Å². The molecule has 8 heteroatoms. The second kappa shape index (κ2) is 6.48. The van der Waals surface area contributed by atoms with E-state index in [2.05, 4.69) is 4.98 Å². The van der Waals surface area contributed by atoms with Gasteiger partial charge < -0.3 is 15.1 Å². The lowest BCUT2D eigenvalue weighted by molar-refractivity contribution is -0.385. The Morgan fingerprint density at radius 2 is 2.06 bits per heavy atom. The zero-order chi connectivity index (χ0) is 13.5. The van der Waals surface area contributed by atoms with E-state index in [4.69, 9.17) is 15.5 Å². The van der Waals surface area contributed by atoms with Crippen molar-refractivity contribution >= 4 is 11.5 Å². The Morgan fingerprint density at radius 1 is 1.44 bits per heavy atom. The van der Waals surface area contributed by atoms with Crippen molar-refractivity contribution < 1.29 is 15.1 Å². The van der Waals surface area contributed by atoms with Crippen LogP contribution in [-0.4, -0.2) is 46.4 Å². The van der Waals surface area contributed by atoms with E-state index < -0.39 is 4.92 Å². The van der Waals surface area contributed by atoms with Crippen molar-refractivity contribution in [2.45, 2.75) is 0 Å². The van der Waals surface area contributed by atoms with Gasteiger partial charge in [-0.2, -0.15) is 5.26 Å². The SMILES string of the molecule is N#Cc1cc([N+](=O)[O-])cnc1N(CCO)CCO. The van der Waals surface area contributed by atoms with Crippen LogP contribution < -0.4 is 4.90 Å². The summed E-state index contributed by atoms with van der Waals surface area (Å²) in [6, 6.07) is 2.93. The molecule has 0 aliphatic carbocycles. The number of hydrogen-bond donors (Lipinski definition) is 2. The van der Waals surface area contributed by atoms with Crippen molar-refractivity contribution in [2.24, 2.45) is 0 Å². The fourth-order valence-corrected chi connectivity index (χ4v) is 1.45. The number of nitro groups is 1. The number of anilines is 1. The molecule has 0 saturated carbocycles. The standard InChI is InChI=1S/C10H12N4O4/c11-6-8-5-9(14(17)18)7-12-10(8)13(1-3-15)2-4-16/h5,7,15-16H,1-4H2. The Bertz CT molecular complexity index is 465. The summed E-state index contributed by atoms with van der Waals surface area (Å²) in [4.78, 5) is 15.3. The summed E-state index contributed by atoms with van der Waals surface area (Å²) in [5.74, 6) is 0.214. The van der Waals surface area contributed by atoms with Crippen LogP contribution in [-0.2, 0) is 0 Å². The molecule has 0 aliphatic rings. The summed E-state index contributed by atoms with van der Waals surface area (Å²) in [6.07, 6.45) is 1.04. The summed E-state index contributed by atoms with van der Waals surface area (Å²) in [5, 5.41) is 37.3. The van der Waals surface area contributed by atoms with Crippen molar-refractivity contribution in [3.63, 3.8) is 0 Å². The van der Waals surface area contributed by atoms with Gasteiger partial charge >= 0.3 is 0 Å². The molecule has 18 heavy (non-hydrogen) atoms. The van der Waals surface area contributed by atoms with Gasteiger partial charge in [-0.25, -0.2) is 4.98 Å². The van der Waals surface area contributed by atoms with E-state index in [0.717, 1.165) is 12.3 Å². The van der Waals surface area contributed by atoms with Gasteiger partial charge in [-0.05, 0) is 0 Å². The normalized spacial score (nSPS) is 9.83. The first-order chi connectivity index (χ1) is 8.63. The Morgan fingerprint density at radius 3 is 2.50 bits per heavy atom.